The smallest absolute Gasteiger partial charge is 0.349 e. The fourth-order valence-corrected chi connectivity index (χ4v) is 4.16. The summed E-state index contributed by atoms with van der Waals surface area (Å²) >= 11 is 0. The van der Waals surface area contributed by atoms with Gasteiger partial charge in [-0.2, -0.15) is 0 Å². The third kappa shape index (κ3) is 7.54. The Balaban J connectivity index is 1.39. The van der Waals surface area contributed by atoms with Gasteiger partial charge in [0.15, 0.2) is 5.60 Å². The predicted octanol–water partition coefficient (Wildman–Crippen LogP) is 6.84. The van der Waals surface area contributed by atoms with Gasteiger partial charge >= 0.3 is 11.9 Å². The lowest BCUT2D eigenvalue weighted by Gasteiger charge is -2.24. The first kappa shape index (κ1) is 29.4. The van der Waals surface area contributed by atoms with E-state index < -0.39 is 11.6 Å². The summed E-state index contributed by atoms with van der Waals surface area (Å²) in [5.74, 6) is 1.61. The molecule has 0 N–H and O–H groups in total. The molecule has 4 rings (SSSR count). The van der Waals surface area contributed by atoms with Crippen molar-refractivity contribution in [2.45, 2.75) is 46.6 Å². The maximum atomic E-state index is 12.2. The zero-order chi connectivity index (χ0) is 29.4. The van der Waals surface area contributed by atoms with E-state index in [4.69, 9.17) is 28.3 Å². The molecule has 214 valence electrons. The highest BCUT2D eigenvalue weighted by Crippen LogP contribution is 2.28. The van der Waals surface area contributed by atoms with Crippen LogP contribution < -0.4 is 9.47 Å². The highest BCUT2D eigenvalue weighted by atomic mass is 16.6. The van der Waals surface area contributed by atoms with Crippen LogP contribution in [0, 0.1) is 6.92 Å². The van der Waals surface area contributed by atoms with Gasteiger partial charge in [-0.3, -0.25) is 0 Å². The van der Waals surface area contributed by atoms with Gasteiger partial charge in [-0.05, 0) is 82.1 Å². The summed E-state index contributed by atoms with van der Waals surface area (Å²) in [6, 6.07) is 22.4. The Morgan fingerprint density at radius 1 is 0.829 bits per heavy atom. The van der Waals surface area contributed by atoms with Crippen molar-refractivity contribution >= 4 is 11.9 Å². The molecule has 0 saturated carbocycles. The quantitative estimate of drug-likeness (QED) is 0.175. The number of carbonyl (C=O) groups is 2. The van der Waals surface area contributed by atoms with E-state index in [1.54, 1.807) is 52.0 Å². The first-order chi connectivity index (χ1) is 19.7. The summed E-state index contributed by atoms with van der Waals surface area (Å²) in [5, 5.41) is 0. The molecule has 8 nitrogen and oxygen atoms in total. The number of hydrogen-bond acceptors (Lipinski definition) is 8. The fourth-order valence-electron chi connectivity index (χ4n) is 4.16. The lowest BCUT2D eigenvalue weighted by Crippen LogP contribution is -2.39. The molecule has 0 aliphatic heterocycles. The third-order valence-electron chi connectivity index (χ3n) is 6.28. The van der Waals surface area contributed by atoms with Crippen molar-refractivity contribution < 1.29 is 33.0 Å². The van der Waals surface area contributed by atoms with Crippen LogP contribution in [-0.4, -0.2) is 42.3 Å². The van der Waals surface area contributed by atoms with E-state index in [2.05, 4.69) is 0 Å². The molecule has 0 atom stereocenters. The number of aryl methyl sites for hydroxylation is 1. The van der Waals surface area contributed by atoms with Crippen LogP contribution in [0.1, 0.15) is 49.5 Å². The molecule has 1 heterocycles. The van der Waals surface area contributed by atoms with Gasteiger partial charge in [-0.15, -0.1) is 0 Å². The number of benzene rings is 3. The van der Waals surface area contributed by atoms with Crippen LogP contribution >= 0.6 is 0 Å². The summed E-state index contributed by atoms with van der Waals surface area (Å²) in [6.07, 6.45) is 0.545. The van der Waals surface area contributed by atoms with E-state index in [1.807, 2.05) is 55.5 Å². The Hall–Kier alpha value is -4.59. The summed E-state index contributed by atoms with van der Waals surface area (Å²) in [6.45, 7) is 9.77. The molecule has 0 bridgehead atoms. The standard InChI is InChI=1S/C33H35NO7/c1-6-37-31(35)24-16-14-23(15-17-24)25-10-8-11-26(20-25)30-34-29(22(3)40-30)18-19-39-27-12-9-13-28(21-27)41-33(4,5)32(36)38-7-2/h8-17,20-21H,6-7,18-19H2,1-5H3. The molecule has 0 aliphatic rings. The minimum atomic E-state index is -1.12. The minimum Gasteiger partial charge on any atom is -0.493 e. The molecular formula is C33H35NO7. The van der Waals surface area contributed by atoms with E-state index in [0.717, 1.165) is 28.1 Å². The highest BCUT2D eigenvalue weighted by Gasteiger charge is 2.31. The van der Waals surface area contributed by atoms with Gasteiger partial charge in [-0.1, -0.05) is 30.3 Å². The number of carbonyl (C=O) groups excluding carboxylic acids is 2. The lowest BCUT2D eigenvalue weighted by molar-refractivity contribution is -0.158. The second-order valence-electron chi connectivity index (χ2n) is 9.81. The van der Waals surface area contributed by atoms with Gasteiger partial charge in [0.2, 0.25) is 5.89 Å². The van der Waals surface area contributed by atoms with Crippen molar-refractivity contribution in [3.05, 3.63) is 89.8 Å². The first-order valence-corrected chi connectivity index (χ1v) is 13.6. The van der Waals surface area contributed by atoms with Crippen LogP contribution in [0.5, 0.6) is 11.5 Å². The molecule has 0 radical (unpaired) electrons. The van der Waals surface area contributed by atoms with Crippen molar-refractivity contribution in [2.75, 3.05) is 19.8 Å². The number of esters is 2. The van der Waals surface area contributed by atoms with Crippen LogP contribution in [0.3, 0.4) is 0 Å². The van der Waals surface area contributed by atoms with Crippen molar-refractivity contribution in [1.82, 2.24) is 4.98 Å². The SMILES string of the molecule is CCOC(=O)c1ccc(-c2cccc(-c3nc(CCOc4cccc(OC(C)(C)C(=O)OCC)c4)c(C)o3)c2)cc1. The van der Waals surface area contributed by atoms with Crippen molar-refractivity contribution in [1.29, 1.82) is 0 Å². The zero-order valence-electron chi connectivity index (χ0n) is 24.1. The lowest BCUT2D eigenvalue weighted by atomic mass is 10.0. The molecule has 0 aliphatic carbocycles. The highest BCUT2D eigenvalue weighted by molar-refractivity contribution is 5.90. The van der Waals surface area contributed by atoms with Crippen molar-refractivity contribution in [2.24, 2.45) is 0 Å². The van der Waals surface area contributed by atoms with Crippen molar-refractivity contribution in [3.63, 3.8) is 0 Å². The summed E-state index contributed by atoms with van der Waals surface area (Å²) in [5.41, 5.74) is 3.00. The van der Waals surface area contributed by atoms with Crippen molar-refractivity contribution in [3.8, 4) is 34.1 Å². The first-order valence-electron chi connectivity index (χ1n) is 13.6. The fraction of sp³-hybridized carbons (Fsp3) is 0.303. The third-order valence-corrected chi connectivity index (χ3v) is 6.28. The van der Waals surface area contributed by atoms with Gasteiger partial charge < -0.3 is 23.4 Å². The van der Waals surface area contributed by atoms with Gasteiger partial charge in [-0.25, -0.2) is 14.6 Å². The number of rotatable bonds is 12. The molecule has 0 spiro atoms. The summed E-state index contributed by atoms with van der Waals surface area (Å²) in [4.78, 5) is 28.8. The van der Waals surface area contributed by atoms with E-state index >= 15 is 0 Å². The molecule has 1 aromatic heterocycles. The maximum Gasteiger partial charge on any atom is 0.349 e. The second-order valence-corrected chi connectivity index (χ2v) is 9.81. The molecular weight excluding hydrogens is 522 g/mol. The van der Waals surface area contributed by atoms with Crippen LogP contribution in [-0.2, 0) is 20.7 Å². The molecule has 4 aromatic rings. The number of aromatic nitrogens is 1. The molecule has 0 saturated heterocycles. The number of ether oxygens (including phenoxy) is 4. The van der Waals surface area contributed by atoms with Gasteiger partial charge in [0.05, 0.1) is 31.1 Å². The Morgan fingerprint density at radius 2 is 1.51 bits per heavy atom. The largest absolute Gasteiger partial charge is 0.493 e. The van der Waals surface area contributed by atoms with Gasteiger partial charge in [0, 0.05) is 18.1 Å². The Labute approximate surface area is 240 Å². The Morgan fingerprint density at radius 3 is 2.24 bits per heavy atom. The monoisotopic (exact) mass is 557 g/mol. The predicted molar refractivity (Wildman–Crippen MR) is 155 cm³/mol. The van der Waals surface area contributed by atoms with E-state index in [0.29, 0.717) is 42.6 Å². The average molecular weight is 558 g/mol. The normalized spacial score (nSPS) is 11.1. The number of nitrogens with zero attached hydrogens (tertiary/aromatic N) is 1. The average Bonchev–Trinajstić information content (AvgIpc) is 3.33. The van der Waals surface area contributed by atoms with Crippen LogP contribution in [0.4, 0.5) is 0 Å². The van der Waals surface area contributed by atoms with Crippen LogP contribution in [0.25, 0.3) is 22.6 Å². The molecule has 0 amide bonds. The summed E-state index contributed by atoms with van der Waals surface area (Å²) < 4.78 is 28.0. The molecule has 3 aromatic carbocycles. The Bertz CT molecular complexity index is 1490. The molecule has 41 heavy (non-hydrogen) atoms. The van der Waals surface area contributed by atoms with Gasteiger partial charge in [0.1, 0.15) is 17.3 Å². The van der Waals surface area contributed by atoms with Gasteiger partial charge in [0.25, 0.3) is 0 Å². The van der Waals surface area contributed by atoms with Crippen LogP contribution in [0.15, 0.2) is 77.2 Å². The number of hydrogen-bond donors (Lipinski definition) is 0. The molecule has 8 heteroatoms. The van der Waals surface area contributed by atoms with E-state index in [9.17, 15) is 9.59 Å². The molecule has 0 unspecified atom stereocenters. The van der Waals surface area contributed by atoms with E-state index in [1.165, 1.54) is 0 Å². The number of oxazole rings is 1. The maximum absolute atomic E-state index is 12.2. The zero-order valence-corrected chi connectivity index (χ0v) is 24.1. The molecule has 0 fully saturated rings. The second kappa shape index (κ2) is 13.2. The minimum absolute atomic E-state index is 0.287. The Kier molecular flexibility index (Phi) is 9.45. The summed E-state index contributed by atoms with van der Waals surface area (Å²) in [7, 11) is 0. The van der Waals surface area contributed by atoms with E-state index in [-0.39, 0.29) is 12.6 Å². The van der Waals surface area contributed by atoms with Crippen LogP contribution in [0.2, 0.25) is 0 Å². The topological polar surface area (TPSA) is 97.1 Å².